The van der Waals surface area contributed by atoms with Crippen molar-refractivity contribution in [2.45, 2.75) is 18.4 Å². The lowest BCUT2D eigenvalue weighted by Gasteiger charge is -2.25. The zero-order chi connectivity index (χ0) is 18.2. The molecule has 0 saturated heterocycles. The molecule has 0 heterocycles. The molecule has 0 aliphatic rings. The maximum Gasteiger partial charge on any atom is 0.483 e. The van der Waals surface area contributed by atoms with Crippen LogP contribution in [0.3, 0.4) is 0 Å². The molecule has 24 heavy (non-hydrogen) atoms. The molecule has 0 fully saturated rings. The fraction of sp³-hybridized carbons (Fsp3) is 0.286. The molecular formula is C14H9F7O3. The zero-order valence-corrected chi connectivity index (χ0v) is 11.6. The van der Waals surface area contributed by atoms with Crippen molar-refractivity contribution in [1.82, 2.24) is 0 Å². The van der Waals surface area contributed by atoms with E-state index in [1.165, 1.54) is 36.4 Å². The summed E-state index contributed by atoms with van der Waals surface area (Å²) in [6.07, 6.45) is -17.2. The Kier molecular flexibility index (Phi) is 4.53. The third kappa shape index (κ3) is 4.19. The number of phenols is 1. The summed E-state index contributed by atoms with van der Waals surface area (Å²) in [5.74, 6) is -0.239. The summed E-state index contributed by atoms with van der Waals surface area (Å²) in [7, 11) is 0. The molecule has 2 aromatic rings. The van der Waals surface area contributed by atoms with Crippen LogP contribution in [-0.4, -0.2) is 30.1 Å². The van der Waals surface area contributed by atoms with E-state index >= 15 is 0 Å². The van der Waals surface area contributed by atoms with Crippen LogP contribution < -0.4 is 4.74 Å². The van der Waals surface area contributed by atoms with Gasteiger partial charge in [-0.2, -0.15) is 30.7 Å². The van der Waals surface area contributed by atoms with E-state index in [4.69, 9.17) is 0 Å². The lowest BCUT2D eigenvalue weighted by molar-refractivity contribution is -0.458. The van der Waals surface area contributed by atoms with Gasteiger partial charge in [0, 0.05) is 0 Å². The van der Waals surface area contributed by atoms with Gasteiger partial charge in [0.25, 0.3) is 0 Å². The van der Waals surface area contributed by atoms with Gasteiger partial charge < -0.3 is 9.84 Å². The van der Waals surface area contributed by atoms with Gasteiger partial charge in [-0.1, -0.05) is 12.1 Å². The molecule has 0 amide bonds. The van der Waals surface area contributed by atoms with Gasteiger partial charge in [-0.05, 0) is 35.0 Å². The molecule has 0 bridgehead atoms. The number of phenolic OH excluding ortho intramolecular Hbond substituents is 1. The second-order valence-electron chi connectivity index (χ2n) is 4.74. The first-order chi connectivity index (χ1) is 10.9. The van der Waals surface area contributed by atoms with Crippen molar-refractivity contribution in [3.63, 3.8) is 0 Å². The molecule has 0 aliphatic heterocycles. The number of aromatic hydroxyl groups is 1. The van der Waals surface area contributed by atoms with Crippen LogP contribution in [-0.2, 0) is 4.74 Å². The van der Waals surface area contributed by atoms with Gasteiger partial charge in [0.05, 0.1) is 0 Å². The van der Waals surface area contributed by atoms with Crippen LogP contribution in [0.1, 0.15) is 0 Å². The van der Waals surface area contributed by atoms with Crippen molar-refractivity contribution < 1.29 is 45.3 Å². The van der Waals surface area contributed by atoms with E-state index in [0.717, 1.165) is 0 Å². The number of ether oxygens (including phenoxy) is 2. The number of halogens is 7. The highest BCUT2D eigenvalue weighted by molar-refractivity contribution is 5.85. The van der Waals surface area contributed by atoms with Gasteiger partial charge in [-0.3, -0.25) is 0 Å². The molecule has 0 aliphatic carbocycles. The Morgan fingerprint density at radius 3 is 2.04 bits per heavy atom. The summed E-state index contributed by atoms with van der Waals surface area (Å²) < 4.78 is 94.0. The van der Waals surface area contributed by atoms with Gasteiger partial charge in [0.1, 0.15) is 11.5 Å². The Hall–Kier alpha value is -2.23. The summed E-state index contributed by atoms with van der Waals surface area (Å²) in [5, 5.41) is 10.3. The first-order valence-electron chi connectivity index (χ1n) is 6.28. The highest BCUT2D eigenvalue weighted by Gasteiger charge is 2.64. The Morgan fingerprint density at radius 1 is 0.833 bits per heavy atom. The quantitative estimate of drug-likeness (QED) is 0.789. The fourth-order valence-electron chi connectivity index (χ4n) is 1.74. The molecule has 0 atom stereocenters. The highest BCUT2D eigenvalue weighted by Crippen LogP contribution is 2.40. The van der Waals surface area contributed by atoms with Gasteiger partial charge in [-0.15, -0.1) is 0 Å². The van der Waals surface area contributed by atoms with E-state index in [1.54, 1.807) is 0 Å². The zero-order valence-electron chi connectivity index (χ0n) is 11.6. The first-order valence-corrected chi connectivity index (χ1v) is 6.28. The van der Waals surface area contributed by atoms with Crippen molar-refractivity contribution in [3.8, 4) is 11.5 Å². The maximum absolute atomic E-state index is 13.1. The minimum Gasteiger partial charge on any atom is -0.508 e. The molecule has 0 spiro atoms. The van der Waals surface area contributed by atoms with Crippen LogP contribution in [0, 0.1) is 0 Å². The molecular weight excluding hydrogens is 349 g/mol. The molecule has 0 radical (unpaired) electrons. The van der Waals surface area contributed by atoms with Crippen molar-refractivity contribution >= 4 is 10.8 Å². The van der Waals surface area contributed by atoms with Gasteiger partial charge >= 0.3 is 18.4 Å². The summed E-state index contributed by atoms with van der Waals surface area (Å²) in [6, 6.07) is 7.93. The first kappa shape index (κ1) is 18.1. The van der Waals surface area contributed by atoms with E-state index in [-0.39, 0.29) is 11.5 Å². The monoisotopic (exact) mass is 358 g/mol. The predicted molar refractivity (Wildman–Crippen MR) is 68.1 cm³/mol. The van der Waals surface area contributed by atoms with Crippen LogP contribution in [0.25, 0.3) is 10.8 Å². The third-order valence-corrected chi connectivity index (χ3v) is 2.81. The minimum absolute atomic E-state index is 0.0366. The van der Waals surface area contributed by atoms with E-state index in [2.05, 4.69) is 9.47 Å². The summed E-state index contributed by atoms with van der Waals surface area (Å²) >= 11 is 0. The predicted octanol–water partition coefficient (Wildman–Crippen LogP) is 4.69. The number of fused-ring (bicyclic) bond motifs is 1. The summed E-state index contributed by atoms with van der Waals surface area (Å²) in [5.41, 5.74) is 0. The second-order valence-corrected chi connectivity index (χ2v) is 4.74. The Labute approximate surface area is 130 Å². The summed E-state index contributed by atoms with van der Waals surface area (Å²) in [6.45, 7) is -1.84. The minimum atomic E-state index is -6.28. The van der Waals surface area contributed by atoms with Gasteiger partial charge in [0.2, 0.25) is 0 Å². The smallest absolute Gasteiger partial charge is 0.483 e. The van der Waals surface area contributed by atoms with Crippen LogP contribution >= 0.6 is 0 Å². The number of hydrogen-bond acceptors (Lipinski definition) is 3. The van der Waals surface area contributed by atoms with Crippen molar-refractivity contribution in [2.24, 2.45) is 0 Å². The number of benzene rings is 2. The molecule has 2 rings (SSSR count). The third-order valence-electron chi connectivity index (χ3n) is 2.81. The molecule has 1 N–H and O–H groups in total. The standard InChI is InChI=1S/C14H9F7O3/c15-12(16,24-14(20,21)13(17,18)19)7-23-11-4-2-8-5-10(22)3-1-9(8)6-11/h1-6,22H,7H2. The van der Waals surface area contributed by atoms with Crippen molar-refractivity contribution in [3.05, 3.63) is 36.4 Å². The van der Waals surface area contributed by atoms with Crippen LogP contribution in [0.5, 0.6) is 11.5 Å². The molecule has 0 aromatic heterocycles. The maximum atomic E-state index is 13.1. The van der Waals surface area contributed by atoms with Gasteiger partial charge in [-0.25, -0.2) is 4.74 Å². The number of rotatable bonds is 5. The van der Waals surface area contributed by atoms with Crippen molar-refractivity contribution in [2.75, 3.05) is 6.61 Å². The average Bonchev–Trinajstić information content (AvgIpc) is 2.43. The molecule has 132 valence electrons. The second kappa shape index (κ2) is 6.00. The SMILES string of the molecule is Oc1ccc2cc(OCC(F)(F)OC(F)(F)C(F)(F)F)ccc2c1. The highest BCUT2D eigenvalue weighted by atomic mass is 19.4. The Morgan fingerprint density at radius 2 is 1.42 bits per heavy atom. The molecule has 0 unspecified atom stereocenters. The van der Waals surface area contributed by atoms with E-state index in [9.17, 15) is 35.8 Å². The van der Waals surface area contributed by atoms with E-state index in [1.807, 2.05) is 0 Å². The van der Waals surface area contributed by atoms with Crippen LogP contribution in [0.2, 0.25) is 0 Å². The van der Waals surface area contributed by atoms with E-state index in [0.29, 0.717) is 10.8 Å². The topological polar surface area (TPSA) is 38.7 Å². The largest absolute Gasteiger partial charge is 0.508 e. The molecule has 2 aromatic carbocycles. The van der Waals surface area contributed by atoms with Crippen LogP contribution in [0.15, 0.2) is 36.4 Å². The normalized spacial score (nSPS) is 13.3. The fourth-order valence-corrected chi connectivity index (χ4v) is 1.74. The average molecular weight is 358 g/mol. The van der Waals surface area contributed by atoms with Crippen LogP contribution in [0.4, 0.5) is 30.7 Å². The Balaban J connectivity index is 2.07. The molecule has 0 saturated carbocycles. The van der Waals surface area contributed by atoms with E-state index < -0.39 is 25.0 Å². The molecule has 3 nitrogen and oxygen atoms in total. The van der Waals surface area contributed by atoms with Crippen molar-refractivity contribution in [1.29, 1.82) is 0 Å². The lowest BCUT2D eigenvalue weighted by atomic mass is 10.1. The Bertz CT molecular complexity index is 728. The van der Waals surface area contributed by atoms with Gasteiger partial charge in [0.15, 0.2) is 6.61 Å². The number of alkyl halides is 7. The number of hydrogen-bond donors (Lipinski definition) is 1. The molecule has 10 heteroatoms. The lowest BCUT2D eigenvalue weighted by Crippen LogP contribution is -2.46. The summed E-state index contributed by atoms with van der Waals surface area (Å²) in [4.78, 5) is 0.